The van der Waals surface area contributed by atoms with Crippen LogP contribution in [0.15, 0.2) is 12.4 Å². The minimum Gasteiger partial charge on any atom is -0.356 e. The molecule has 7 nitrogen and oxygen atoms in total. The Morgan fingerprint density at radius 1 is 1.03 bits per heavy atom. The number of anilines is 1. The first-order chi connectivity index (χ1) is 14.1. The van der Waals surface area contributed by atoms with Crippen LogP contribution in [0.3, 0.4) is 0 Å². The summed E-state index contributed by atoms with van der Waals surface area (Å²) in [6.45, 7) is 10.1. The fourth-order valence-corrected chi connectivity index (χ4v) is 5.04. The summed E-state index contributed by atoms with van der Waals surface area (Å²) in [5.41, 5.74) is 1.11. The number of aromatic nitrogens is 2. The maximum atomic E-state index is 13.0. The van der Waals surface area contributed by atoms with E-state index in [0.29, 0.717) is 11.9 Å². The molecule has 4 rings (SSSR count). The molecule has 0 saturated carbocycles. The average Bonchev–Trinajstić information content (AvgIpc) is 2.79. The number of piperidine rings is 2. The molecule has 3 aliphatic heterocycles. The minimum atomic E-state index is 0.194. The van der Waals surface area contributed by atoms with Gasteiger partial charge in [-0.25, -0.2) is 9.97 Å². The lowest BCUT2D eigenvalue weighted by Gasteiger charge is -2.43. The van der Waals surface area contributed by atoms with Gasteiger partial charge in [0, 0.05) is 63.6 Å². The predicted octanol–water partition coefficient (Wildman–Crippen LogP) is 1.49. The van der Waals surface area contributed by atoms with E-state index in [2.05, 4.69) is 49.6 Å². The Balaban J connectivity index is 1.30. The smallest absolute Gasteiger partial charge is 0.227 e. The van der Waals surface area contributed by atoms with Crippen LogP contribution in [0.4, 0.5) is 5.82 Å². The second-order valence-electron chi connectivity index (χ2n) is 8.90. The number of hydrogen-bond donors (Lipinski definition) is 0. The number of nitrogens with zero attached hydrogens (tertiary/aromatic N) is 6. The topological polar surface area (TPSA) is 55.8 Å². The molecule has 1 aromatic rings. The molecule has 0 aliphatic carbocycles. The number of carbonyl (C=O) groups is 1. The zero-order valence-corrected chi connectivity index (χ0v) is 18.1. The van der Waals surface area contributed by atoms with Crippen molar-refractivity contribution in [2.24, 2.45) is 5.92 Å². The zero-order chi connectivity index (χ0) is 20.2. The van der Waals surface area contributed by atoms with E-state index in [0.717, 1.165) is 96.0 Å². The van der Waals surface area contributed by atoms with Crippen LogP contribution in [-0.2, 0) is 11.2 Å². The van der Waals surface area contributed by atoms with Crippen LogP contribution in [0.1, 0.15) is 38.3 Å². The molecule has 0 spiro atoms. The third kappa shape index (κ3) is 4.89. The number of hydrogen-bond acceptors (Lipinski definition) is 6. The molecule has 3 aliphatic rings. The standard InChI is InChI=1S/C22H36N6O/c1-3-19-15-21(24-17-23-19)26-9-6-20(7-10-26)28-8-4-5-18(16-28)22(29)27-13-11-25(2)12-14-27/h15,17-18,20H,3-14,16H2,1-2H3. The molecular formula is C22H36N6O. The highest BCUT2D eigenvalue weighted by atomic mass is 16.2. The Bertz CT molecular complexity index is 682. The van der Waals surface area contributed by atoms with E-state index in [-0.39, 0.29) is 5.92 Å². The maximum Gasteiger partial charge on any atom is 0.227 e. The second kappa shape index (κ2) is 9.39. The number of piperazine rings is 1. The number of rotatable bonds is 4. The Hall–Kier alpha value is -1.73. The quantitative estimate of drug-likeness (QED) is 0.763. The predicted molar refractivity (Wildman–Crippen MR) is 115 cm³/mol. The summed E-state index contributed by atoms with van der Waals surface area (Å²) in [7, 11) is 2.14. The highest BCUT2D eigenvalue weighted by Crippen LogP contribution is 2.27. The molecule has 0 N–H and O–H groups in total. The maximum absolute atomic E-state index is 13.0. The lowest BCUT2D eigenvalue weighted by molar-refractivity contribution is -0.139. The SMILES string of the molecule is CCc1cc(N2CCC(N3CCCC(C(=O)N4CCN(C)CC4)C3)CC2)ncn1. The van der Waals surface area contributed by atoms with Gasteiger partial charge in [-0.2, -0.15) is 0 Å². The van der Waals surface area contributed by atoms with Gasteiger partial charge in [0.1, 0.15) is 12.1 Å². The molecule has 3 fully saturated rings. The first-order valence-electron chi connectivity index (χ1n) is 11.4. The van der Waals surface area contributed by atoms with Gasteiger partial charge in [-0.15, -0.1) is 0 Å². The molecule has 1 amide bonds. The van der Waals surface area contributed by atoms with Gasteiger partial charge in [0.2, 0.25) is 5.91 Å². The molecule has 1 atom stereocenters. The van der Waals surface area contributed by atoms with Crippen LogP contribution in [0, 0.1) is 5.92 Å². The van der Waals surface area contributed by atoms with E-state index in [9.17, 15) is 4.79 Å². The van der Waals surface area contributed by atoms with Crippen LogP contribution >= 0.6 is 0 Å². The highest BCUT2D eigenvalue weighted by molar-refractivity contribution is 5.79. The van der Waals surface area contributed by atoms with Crippen molar-refractivity contribution in [3.05, 3.63) is 18.1 Å². The van der Waals surface area contributed by atoms with Gasteiger partial charge in [-0.1, -0.05) is 6.92 Å². The minimum absolute atomic E-state index is 0.194. The molecule has 0 aromatic carbocycles. The molecule has 3 saturated heterocycles. The first kappa shape index (κ1) is 20.5. The van der Waals surface area contributed by atoms with Crippen molar-refractivity contribution >= 4 is 11.7 Å². The molecule has 1 aromatic heterocycles. The van der Waals surface area contributed by atoms with Gasteiger partial charge in [-0.05, 0) is 45.7 Å². The Morgan fingerprint density at radius 2 is 1.79 bits per heavy atom. The summed E-state index contributed by atoms with van der Waals surface area (Å²) in [5, 5.41) is 0. The van der Waals surface area contributed by atoms with E-state index in [1.807, 2.05) is 0 Å². The summed E-state index contributed by atoms with van der Waals surface area (Å²) < 4.78 is 0. The highest BCUT2D eigenvalue weighted by Gasteiger charge is 2.34. The molecule has 29 heavy (non-hydrogen) atoms. The number of likely N-dealkylation sites (tertiary alicyclic amines) is 1. The first-order valence-corrected chi connectivity index (χ1v) is 11.4. The van der Waals surface area contributed by atoms with E-state index < -0.39 is 0 Å². The molecule has 7 heteroatoms. The molecular weight excluding hydrogens is 364 g/mol. The second-order valence-corrected chi connectivity index (χ2v) is 8.90. The third-order valence-corrected chi connectivity index (χ3v) is 6.99. The Labute approximate surface area is 175 Å². The lowest BCUT2D eigenvalue weighted by Crippen LogP contribution is -2.54. The summed E-state index contributed by atoms with van der Waals surface area (Å²) in [6.07, 6.45) is 7.15. The van der Waals surface area contributed by atoms with Crippen LogP contribution in [-0.4, -0.2) is 96.0 Å². The number of aryl methyl sites for hydroxylation is 1. The molecule has 0 radical (unpaired) electrons. The summed E-state index contributed by atoms with van der Waals surface area (Å²) in [4.78, 5) is 31.3. The fourth-order valence-electron chi connectivity index (χ4n) is 5.04. The van der Waals surface area contributed by atoms with Crippen molar-refractivity contribution in [3.63, 3.8) is 0 Å². The van der Waals surface area contributed by atoms with Gasteiger partial charge >= 0.3 is 0 Å². The lowest BCUT2D eigenvalue weighted by atomic mass is 9.92. The summed E-state index contributed by atoms with van der Waals surface area (Å²) >= 11 is 0. The van der Waals surface area contributed by atoms with Crippen LogP contribution in [0.2, 0.25) is 0 Å². The van der Waals surface area contributed by atoms with Gasteiger partial charge < -0.3 is 14.7 Å². The van der Waals surface area contributed by atoms with Crippen molar-refractivity contribution in [2.75, 3.05) is 64.3 Å². The molecule has 4 heterocycles. The van der Waals surface area contributed by atoms with E-state index in [1.54, 1.807) is 6.33 Å². The van der Waals surface area contributed by atoms with Crippen molar-refractivity contribution < 1.29 is 4.79 Å². The number of amides is 1. The monoisotopic (exact) mass is 400 g/mol. The average molecular weight is 401 g/mol. The van der Waals surface area contributed by atoms with Gasteiger partial charge in [0.15, 0.2) is 0 Å². The van der Waals surface area contributed by atoms with Crippen LogP contribution < -0.4 is 4.90 Å². The number of carbonyl (C=O) groups excluding carboxylic acids is 1. The molecule has 1 unspecified atom stereocenters. The third-order valence-electron chi connectivity index (χ3n) is 6.99. The largest absolute Gasteiger partial charge is 0.356 e. The fraction of sp³-hybridized carbons (Fsp3) is 0.773. The normalized spacial score (nSPS) is 25.4. The summed E-state index contributed by atoms with van der Waals surface area (Å²) in [5.74, 6) is 1.66. The van der Waals surface area contributed by atoms with Crippen molar-refractivity contribution in [2.45, 2.75) is 45.1 Å². The van der Waals surface area contributed by atoms with Crippen molar-refractivity contribution in [1.29, 1.82) is 0 Å². The van der Waals surface area contributed by atoms with Crippen LogP contribution in [0.25, 0.3) is 0 Å². The molecule has 160 valence electrons. The Morgan fingerprint density at radius 3 is 2.52 bits per heavy atom. The van der Waals surface area contributed by atoms with E-state index in [1.165, 1.54) is 0 Å². The van der Waals surface area contributed by atoms with Crippen LogP contribution in [0.5, 0.6) is 0 Å². The zero-order valence-electron chi connectivity index (χ0n) is 18.1. The van der Waals surface area contributed by atoms with E-state index >= 15 is 0 Å². The van der Waals surface area contributed by atoms with Gasteiger partial charge in [0.05, 0.1) is 5.92 Å². The molecule has 0 bridgehead atoms. The van der Waals surface area contributed by atoms with Gasteiger partial charge in [0.25, 0.3) is 0 Å². The Kier molecular flexibility index (Phi) is 6.65. The van der Waals surface area contributed by atoms with E-state index in [4.69, 9.17) is 0 Å². The van der Waals surface area contributed by atoms with Gasteiger partial charge in [-0.3, -0.25) is 9.69 Å². The number of likely N-dealkylation sites (N-methyl/N-ethyl adjacent to an activating group) is 1. The summed E-state index contributed by atoms with van der Waals surface area (Å²) in [6, 6.07) is 2.73. The van der Waals surface area contributed by atoms with Crippen molar-refractivity contribution in [3.8, 4) is 0 Å². The van der Waals surface area contributed by atoms with Crippen molar-refractivity contribution in [1.82, 2.24) is 24.7 Å².